The molecule has 10 heteroatoms. The van der Waals surface area contributed by atoms with Gasteiger partial charge in [0.25, 0.3) is 0 Å². The maximum absolute atomic E-state index is 12.5. The molecule has 0 aromatic heterocycles. The number of hydrogen-bond donors (Lipinski definition) is 3. The van der Waals surface area contributed by atoms with Crippen LogP contribution in [0.15, 0.2) is 29.2 Å². The molecule has 0 aliphatic rings. The first-order chi connectivity index (χ1) is 13.2. The molecule has 158 valence electrons. The molecule has 0 bridgehead atoms. The fourth-order valence-electron chi connectivity index (χ4n) is 2.71. The summed E-state index contributed by atoms with van der Waals surface area (Å²) in [5.41, 5.74) is 5.91. The Bertz CT molecular complexity index is 749. The van der Waals surface area contributed by atoms with Gasteiger partial charge in [0, 0.05) is 13.1 Å². The van der Waals surface area contributed by atoms with Crippen LogP contribution in [0, 0.1) is 0 Å². The highest BCUT2D eigenvalue weighted by Crippen LogP contribution is 2.19. The van der Waals surface area contributed by atoms with E-state index in [-0.39, 0.29) is 16.8 Å². The number of nitrogens with zero attached hydrogens (tertiary/aromatic N) is 1. The number of nitrogens with two attached hydrogens (primary N) is 1. The average molecular weight is 431 g/mol. The topological polar surface area (TPSA) is 122 Å². The van der Waals surface area contributed by atoms with Gasteiger partial charge in [0.15, 0.2) is 0 Å². The quantitative estimate of drug-likeness (QED) is 0.493. The molecule has 0 saturated carbocycles. The Balaban J connectivity index is 2.88. The number of nitrogens with one attached hydrogen (secondary N) is 2. The van der Waals surface area contributed by atoms with Gasteiger partial charge in [-0.15, -0.1) is 0 Å². The molecule has 0 fully saturated rings. The molecule has 3 amide bonds. The highest BCUT2D eigenvalue weighted by molar-refractivity contribution is 7.98. The minimum Gasteiger partial charge on any atom is -0.352 e. The summed E-state index contributed by atoms with van der Waals surface area (Å²) in [6, 6.07) is 4.62. The van der Waals surface area contributed by atoms with Gasteiger partial charge in [-0.3, -0.25) is 4.79 Å². The van der Waals surface area contributed by atoms with E-state index in [2.05, 4.69) is 10.6 Å². The number of benzene rings is 1. The maximum atomic E-state index is 12.5. The molecule has 1 rings (SSSR count). The molecule has 4 N–H and O–H groups in total. The summed E-state index contributed by atoms with van der Waals surface area (Å²) in [5.74, 6) is 0.366. The molecule has 0 radical (unpaired) electrons. The molecule has 0 spiro atoms. The third-order valence-electron chi connectivity index (χ3n) is 4.33. The van der Waals surface area contributed by atoms with E-state index in [0.717, 1.165) is 5.56 Å². The van der Waals surface area contributed by atoms with E-state index in [1.54, 1.807) is 56.8 Å². The van der Waals surface area contributed by atoms with Gasteiger partial charge in [-0.1, -0.05) is 26.0 Å². The zero-order valence-electron chi connectivity index (χ0n) is 16.8. The molecule has 1 aromatic carbocycles. The number of hydrogen-bond acceptors (Lipinski definition) is 5. The SMILES string of the molecule is CCN(CC)S(=O)(=O)c1ccc(C(C)NC(=O)C(CCSC)NC(N)=O)cc1. The predicted molar refractivity (Wildman–Crippen MR) is 113 cm³/mol. The molecule has 0 aliphatic carbocycles. The Kier molecular flexibility index (Phi) is 9.77. The Hall–Kier alpha value is -1.78. The maximum Gasteiger partial charge on any atom is 0.312 e. The van der Waals surface area contributed by atoms with Crippen LogP contribution in [-0.4, -0.2) is 55.8 Å². The lowest BCUT2D eigenvalue weighted by Gasteiger charge is -2.21. The molecule has 0 aliphatic heterocycles. The summed E-state index contributed by atoms with van der Waals surface area (Å²) in [6.45, 7) is 6.18. The van der Waals surface area contributed by atoms with E-state index in [1.807, 2.05) is 6.26 Å². The van der Waals surface area contributed by atoms with Crippen LogP contribution in [0.1, 0.15) is 38.8 Å². The van der Waals surface area contributed by atoms with Gasteiger partial charge < -0.3 is 16.4 Å². The second-order valence-corrected chi connectivity index (χ2v) is 9.15. The van der Waals surface area contributed by atoms with Crippen molar-refractivity contribution in [3.63, 3.8) is 0 Å². The summed E-state index contributed by atoms with van der Waals surface area (Å²) >= 11 is 1.57. The lowest BCUT2D eigenvalue weighted by atomic mass is 10.1. The fraction of sp³-hybridized carbons (Fsp3) is 0.556. The lowest BCUT2D eigenvalue weighted by Crippen LogP contribution is -2.49. The Morgan fingerprint density at radius 2 is 1.71 bits per heavy atom. The molecule has 8 nitrogen and oxygen atoms in total. The van der Waals surface area contributed by atoms with Gasteiger partial charge in [0.2, 0.25) is 15.9 Å². The molecule has 2 atom stereocenters. The van der Waals surface area contributed by atoms with Crippen LogP contribution < -0.4 is 16.4 Å². The second kappa shape index (κ2) is 11.3. The van der Waals surface area contributed by atoms with Crippen molar-refractivity contribution in [2.75, 3.05) is 25.1 Å². The first-order valence-electron chi connectivity index (χ1n) is 9.12. The third-order valence-corrected chi connectivity index (χ3v) is 7.03. The number of carbonyl (C=O) groups is 2. The molecule has 1 aromatic rings. The van der Waals surface area contributed by atoms with Gasteiger partial charge in [0.1, 0.15) is 6.04 Å². The van der Waals surface area contributed by atoms with Crippen LogP contribution in [0.2, 0.25) is 0 Å². The van der Waals surface area contributed by atoms with Crippen molar-refractivity contribution in [1.82, 2.24) is 14.9 Å². The third kappa shape index (κ3) is 6.68. The van der Waals surface area contributed by atoms with E-state index in [4.69, 9.17) is 5.73 Å². The summed E-state index contributed by atoms with van der Waals surface area (Å²) in [5, 5.41) is 5.29. The average Bonchev–Trinajstić information content (AvgIpc) is 2.65. The normalized spacial score (nSPS) is 13.8. The largest absolute Gasteiger partial charge is 0.352 e. The molecule has 28 heavy (non-hydrogen) atoms. The van der Waals surface area contributed by atoms with Crippen molar-refractivity contribution >= 4 is 33.7 Å². The summed E-state index contributed by atoms with van der Waals surface area (Å²) < 4.78 is 26.5. The van der Waals surface area contributed by atoms with Crippen LogP contribution in [0.4, 0.5) is 4.79 Å². The Labute approximate surface area is 171 Å². The predicted octanol–water partition coefficient (Wildman–Crippen LogP) is 1.68. The first kappa shape index (κ1) is 24.3. The smallest absolute Gasteiger partial charge is 0.312 e. The minimum absolute atomic E-state index is 0.215. The lowest BCUT2D eigenvalue weighted by molar-refractivity contribution is -0.123. The zero-order valence-corrected chi connectivity index (χ0v) is 18.4. The van der Waals surface area contributed by atoms with E-state index in [0.29, 0.717) is 25.3 Å². The molecular weight excluding hydrogens is 400 g/mol. The number of carbonyl (C=O) groups excluding carboxylic acids is 2. The Morgan fingerprint density at radius 1 is 1.14 bits per heavy atom. The van der Waals surface area contributed by atoms with E-state index >= 15 is 0 Å². The number of amides is 3. The van der Waals surface area contributed by atoms with Crippen molar-refractivity contribution in [3.8, 4) is 0 Å². The van der Waals surface area contributed by atoms with Crippen molar-refractivity contribution in [1.29, 1.82) is 0 Å². The van der Waals surface area contributed by atoms with Gasteiger partial charge in [-0.2, -0.15) is 16.1 Å². The van der Waals surface area contributed by atoms with Gasteiger partial charge in [-0.25, -0.2) is 13.2 Å². The molecular formula is C18H30N4O4S2. The standard InChI is InChI=1S/C18H30N4O4S2/c1-5-22(6-2)28(25,26)15-9-7-14(8-10-15)13(3)20-17(23)16(11-12-27-4)21-18(19)24/h7-10,13,16H,5-6,11-12H2,1-4H3,(H,20,23)(H3,19,21,24). The van der Waals surface area contributed by atoms with Crippen LogP contribution in [0.3, 0.4) is 0 Å². The summed E-state index contributed by atoms with van der Waals surface area (Å²) in [4.78, 5) is 23.8. The number of primary amides is 1. The highest BCUT2D eigenvalue weighted by atomic mass is 32.2. The van der Waals surface area contributed by atoms with Gasteiger partial charge >= 0.3 is 6.03 Å². The van der Waals surface area contributed by atoms with Crippen LogP contribution in [-0.2, 0) is 14.8 Å². The number of thioether (sulfide) groups is 1. The highest BCUT2D eigenvalue weighted by Gasteiger charge is 2.23. The van der Waals surface area contributed by atoms with Crippen molar-refractivity contribution in [2.24, 2.45) is 5.73 Å². The number of urea groups is 1. The zero-order chi connectivity index (χ0) is 21.3. The Morgan fingerprint density at radius 3 is 2.18 bits per heavy atom. The van der Waals surface area contributed by atoms with Crippen molar-refractivity contribution in [2.45, 2.75) is 44.2 Å². The van der Waals surface area contributed by atoms with Crippen molar-refractivity contribution in [3.05, 3.63) is 29.8 Å². The van der Waals surface area contributed by atoms with Crippen LogP contribution >= 0.6 is 11.8 Å². The fourth-order valence-corrected chi connectivity index (χ4v) is 4.64. The van der Waals surface area contributed by atoms with Gasteiger partial charge in [-0.05, 0) is 43.0 Å². The number of rotatable bonds is 11. The van der Waals surface area contributed by atoms with Crippen molar-refractivity contribution < 1.29 is 18.0 Å². The first-order valence-corrected chi connectivity index (χ1v) is 12.0. The van der Waals surface area contributed by atoms with Crippen LogP contribution in [0.5, 0.6) is 0 Å². The summed E-state index contributed by atoms with van der Waals surface area (Å²) in [7, 11) is -3.52. The van der Waals surface area contributed by atoms with Gasteiger partial charge in [0.05, 0.1) is 10.9 Å². The molecule has 2 unspecified atom stereocenters. The van der Waals surface area contributed by atoms with E-state index < -0.39 is 22.1 Å². The molecule has 0 heterocycles. The minimum atomic E-state index is -3.52. The van der Waals surface area contributed by atoms with E-state index in [9.17, 15) is 18.0 Å². The second-order valence-electron chi connectivity index (χ2n) is 6.23. The van der Waals surface area contributed by atoms with Crippen LogP contribution in [0.25, 0.3) is 0 Å². The van der Waals surface area contributed by atoms with E-state index in [1.165, 1.54) is 4.31 Å². The number of sulfonamides is 1. The monoisotopic (exact) mass is 430 g/mol. The molecule has 0 saturated heterocycles. The summed E-state index contributed by atoms with van der Waals surface area (Å²) in [6.07, 6.45) is 2.37.